The van der Waals surface area contributed by atoms with Gasteiger partial charge in [0.05, 0.1) is 32.9 Å². The van der Waals surface area contributed by atoms with Crippen LogP contribution in [0.4, 0.5) is 4.39 Å². The first-order valence-electron chi connectivity index (χ1n) is 11.5. The van der Waals surface area contributed by atoms with Gasteiger partial charge in [-0.15, -0.1) is 11.3 Å². The molecule has 0 aliphatic heterocycles. The number of carbonyl (C=O) groups is 2. The molecule has 0 spiro atoms. The maximum Gasteiger partial charge on any atom is 0.257 e. The quantitative estimate of drug-likeness (QED) is 0.341. The van der Waals surface area contributed by atoms with Crippen LogP contribution in [0.1, 0.15) is 20.8 Å². The number of thiophene rings is 1. The van der Waals surface area contributed by atoms with Crippen molar-refractivity contribution < 1.29 is 28.2 Å². The maximum absolute atomic E-state index is 14.3. The minimum Gasteiger partial charge on any atom is -0.493 e. The summed E-state index contributed by atoms with van der Waals surface area (Å²) in [6, 6.07) is 15.3. The van der Waals surface area contributed by atoms with Crippen molar-refractivity contribution in [3.8, 4) is 11.5 Å². The fraction of sp³-hybridized carbons (Fsp3) is 0.333. The van der Waals surface area contributed by atoms with Gasteiger partial charge in [0.25, 0.3) is 5.91 Å². The number of hydrogen-bond donors (Lipinski definition) is 0. The van der Waals surface area contributed by atoms with Crippen LogP contribution in [0.25, 0.3) is 0 Å². The van der Waals surface area contributed by atoms with Crippen molar-refractivity contribution in [2.75, 3.05) is 47.6 Å². The molecule has 3 rings (SSSR count). The van der Waals surface area contributed by atoms with Gasteiger partial charge in [-0.25, -0.2) is 4.39 Å². The number of methoxy groups -OCH3 is 3. The third kappa shape index (κ3) is 7.29. The molecule has 0 bridgehead atoms. The van der Waals surface area contributed by atoms with E-state index in [9.17, 15) is 14.0 Å². The lowest BCUT2D eigenvalue weighted by atomic mass is 10.1. The summed E-state index contributed by atoms with van der Waals surface area (Å²) in [5.41, 5.74) is 0.909. The highest BCUT2D eigenvalue weighted by Gasteiger charge is 2.24. The number of rotatable bonds is 13. The van der Waals surface area contributed by atoms with E-state index in [4.69, 9.17) is 14.2 Å². The molecule has 0 unspecified atom stereocenters. The second kappa shape index (κ2) is 13.6. The van der Waals surface area contributed by atoms with E-state index < -0.39 is 11.7 Å². The van der Waals surface area contributed by atoms with Crippen LogP contribution in [0, 0.1) is 5.82 Å². The molecule has 0 fully saturated rings. The Morgan fingerprint density at radius 2 is 1.69 bits per heavy atom. The molecule has 0 radical (unpaired) electrons. The lowest BCUT2D eigenvalue weighted by Gasteiger charge is -2.28. The molecule has 1 heterocycles. The Labute approximate surface area is 215 Å². The van der Waals surface area contributed by atoms with E-state index in [1.807, 2.05) is 35.7 Å². The second-order valence-corrected chi connectivity index (χ2v) is 9.07. The van der Waals surface area contributed by atoms with E-state index in [2.05, 4.69) is 0 Å². The first-order valence-corrected chi connectivity index (χ1v) is 12.4. The molecule has 9 heteroatoms. The summed E-state index contributed by atoms with van der Waals surface area (Å²) < 4.78 is 30.1. The molecule has 2 aromatic carbocycles. The van der Waals surface area contributed by atoms with Crippen LogP contribution in [0.5, 0.6) is 11.5 Å². The molecule has 0 atom stereocenters. The highest BCUT2D eigenvalue weighted by molar-refractivity contribution is 7.09. The molecule has 1 aromatic heterocycles. The zero-order chi connectivity index (χ0) is 25.9. The summed E-state index contributed by atoms with van der Waals surface area (Å²) in [5.74, 6) is -0.152. The summed E-state index contributed by atoms with van der Waals surface area (Å²) in [5, 5.41) is 1.96. The molecule has 3 aromatic rings. The van der Waals surface area contributed by atoms with Crippen LogP contribution < -0.4 is 9.47 Å². The molecule has 2 amide bonds. The number of amides is 2. The Hall–Kier alpha value is -3.43. The molecular formula is C27H31FN2O5S. The number of halogens is 1. The van der Waals surface area contributed by atoms with Gasteiger partial charge in [-0.2, -0.15) is 0 Å². The lowest BCUT2D eigenvalue weighted by Crippen LogP contribution is -2.44. The lowest BCUT2D eigenvalue weighted by molar-refractivity contribution is -0.132. The van der Waals surface area contributed by atoms with Gasteiger partial charge >= 0.3 is 0 Å². The Morgan fingerprint density at radius 3 is 2.36 bits per heavy atom. The molecule has 0 aliphatic carbocycles. The average Bonchev–Trinajstić information content (AvgIpc) is 3.41. The number of nitrogens with zero attached hydrogens (tertiary/aromatic N) is 2. The van der Waals surface area contributed by atoms with Crippen LogP contribution in [-0.2, 0) is 22.5 Å². The molecular weight excluding hydrogens is 483 g/mol. The van der Waals surface area contributed by atoms with Gasteiger partial charge in [-0.05, 0) is 47.7 Å². The molecule has 192 valence electrons. The highest BCUT2D eigenvalue weighted by atomic mass is 32.1. The summed E-state index contributed by atoms with van der Waals surface area (Å²) >= 11 is 1.56. The van der Waals surface area contributed by atoms with Gasteiger partial charge in [0.15, 0.2) is 11.5 Å². The molecule has 0 N–H and O–H groups in total. The van der Waals surface area contributed by atoms with Crippen molar-refractivity contribution in [1.82, 2.24) is 9.80 Å². The van der Waals surface area contributed by atoms with Crippen LogP contribution in [-0.4, -0.2) is 69.2 Å². The Bertz CT molecular complexity index is 1140. The van der Waals surface area contributed by atoms with Crippen LogP contribution in [0.3, 0.4) is 0 Å². The number of carbonyl (C=O) groups excluding carboxylic acids is 2. The Kier molecular flexibility index (Phi) is 10.3. The minimum atomic E-state index is -0.624. The molecule has 7 nitrogen and oxygen atoms in total. The molecule has 0 saturated carbocycles. The summed E-state index contributed by atoms with van der Waals surface area (Å²) in [6.45, 7) is 1.05. The topological polar surface area (TPSA) is 68.3 Å². The van der Waals surface area contributed by atoms with Crippen molar-refractivity contribution in [2.45, 2.75) is 13.0 Å². The zero-order valence-corrected chi connectivity index (χ0v) is 21.6. The van der Waals surface area contributed by atoms with E-state index in [0.29, 0.717) is 31.0 Å². The van der Waals surface area contributed by atoms with E-state index in [1.165, 1.54) is 30.2 Å². The first-order chi connectivity index (χ1) is 17.5. The summed E-state index contributed by atoms with van der Waals surface area (Å²) in [6.07, 6.45) is 0.580. The van der Waals surface area contributed by atoms with Crippen LogP contribution in [0.15, 0.2) is 60.0 Å². The predicted molar refractivity (Wildman–Crippen MR) is 137 cm³/mol. The first kappa shape index (κ1) is 27.2. The smallest absolute Gasteiger partial charge is 0.257 e. The largest absolute Gasteiger partial charge is 0.493 e. The normalized spacial score (nSPS) is 10.7. The summed E-state index contributed by atoms with van der Waals surface area (Å²) in [4.78, 5) is 30.6. The van der Waals surface area contributed by atoms with Crippen LogP contribution >= 0.6 is 11.3 Å². The standard InChI is InChI=1S/C27H31FN2O5S/c1-33-15-14-30(27(32)22-8-4-5-9-23(22)28)19-26(31)29(18-21-7-6-16-36-21)13-12-20-10-11-24(34-2)25(17-20)35-3/h4-11,16-17H,12-15,18-19H2,1-3H3. The maximum atomic E-state index is 14.3. The third-order valence-electron chi connectivity index (χ3n) is 5.68. The Morgan fingerprint density at radius 1 is 0.917 bits per heavy atom. The fourth-order valence-electron chi connectivity index (χ4n) is 3.70. The van der Waals surface area contributed by atoms with E-state index >= 15 is 0 Å². The summed E-state index contributed by atoms with van der Waals surface area (Å²) in [7, 11) is 4.67. The highest BCUT2D eigenvalue weighted by Crippen LogP contribution is 2.28. The van der Waals surface area contributed by atoms with Gasteiger partial charge in [0.1, 0.15) is 12.4 Å². The number of ether oxygens (including phenoxy) is 3. The predicted octanol–water partition coefficient (Wildman–Crippen LogP) is 4.26. The van der Waals surface area contributed by atoms with Crippen molar-refractivity contribution in [1.29, 1.82) is 0 Å². The monoisotopic (exact) mass is 514 g/mol. The minimum absolute atomic E-state index is 0.0727. The van der Waals surface area contributed by atoms with E-state index in [0.717, 1.165) is 10.4 Å². The number of hydrogen-bond acceptors (Lipinski definition) is 6. The Balaban J connectivity index is 1.78. The van der Waals surface area contributed by atoms with Crippen molar-refractivity contribution >= 4 is 23.2 Å². The molecule has 0 aliphatic rings. The number of benzene rings is 2. The van der Waals surface area contributed by atoms with Gasteiger partial charge in [0.2, 0.25) is 5.91 Å². The van der Waals surface area contributed by atoms with Crippen molar-refractivity contribution in [3.63, 3.8) is 0 Å². The van der Waals surface area contributed by atoms with E-state index in [1.54, 1.807) is 36.5 Å². The molecule has 0 saturated heterocycles. The van der Waals surface area contributed by atoms with Gasteiger partial charge in [-0.3, -0.25) is 9.59 Å². The average molecular weight is 515 g/mol. The molecule has 36 heavy (non-hydrogen) atoms. The fourth-order valence-corrected chi connectivity index (χ4v) is 4.42. The van der Waals surface area contributed by atoms with Gasteiger partial charge in [0, 0.05) is 25.1 Å². The van der Waals surface area contributed by atoms with Gasteiger partial charge < -0.3 is 24.0 Å². The zero-order valence-electron chi connectivity index (χ0n) is 20.7. The second-order valence-electron chi connectivity index (χ2n) is 8.03. The van der Waals surface area contributed by atoms with E-state index in [-0.39, 0.29) is 31.2 Å². The van der Waals surface area contributed by atoms with Gasteiger partial charge in [-0.1, -0.05) is 24.3 Å². The van der Waals surface area contributed by atoms with Crippen molar-refractivity contribution in [3.05, 3.63) is 81.8 Å². The SMILES string of the molecule is COCCN(CC(=O)N(CCc1ccc(OC)c(OC)c1)Cc1cccs1)C(=O)c1ccccc1F. The van der Waals surface area contributed by atoms with Crippen LogP contribution in [0.2, 0.25) is 0 Å². The van der Waals surface area contributed by atoms with Crippen molar-refractivity contribution in [2.24, 2.45) is 0 Å². The third-order valence-corrected chi connectivity index (χ3v) is 6.54.